The zero-order valence-corrected chi connectivity index (χ0v) is 14.7. The van der Waals surface area contributed by atoms with Crippen LogP contribution in [0.5, 0.6) is 5.75 Å². The molecule has 8 heteroatoms. The molecule has 1 amide bonds. The number of benzene rings is 1. The van der Waals surface area contributed by atoms with E-state index < -0.39 is 0 Å². The Morgan fingerprint density at radius 3 is 2.96 bits per heavy atom. The number of nitrogens with zero attached hydrogens (tertiary/aromatic N) is 4. The number of carbonyl (C=O) groups is 1. The molecule has 0 aliphatic carbocycles. The molecule has 0 spiro atoms. The summed E-state index contributed by atoms with van der Waals surface area (Å²) in [5.41, 5.74) is 1.26. The lowest BCUT2D eigenvalue weighted by Gasteiger charge is -2.19. The van der Waals surface area contributed by atoms with E-state index in [-0.39, 0.29) is 18.2 Å². The van der Waals surface area contributed by atoms with E-state index in [1.165, 1.54) is 0 Å². The lowest BCUT2D eigenvalue weighted by molar-refractivity contribution is -0.117. The molecule has 1 aromatic carbocycles. The third kappa shape index (κ3) is 3.01. The smallest absolute Gasteiger partial charge is 0.232 e. The maximum Gasteiger partial charge on any atom is 0.232 e. The maximum absolute atomic E-state index is 12.5. The summed E-state index contributed by atoms with van der Waals surface area (Å²) in [6.45, 7) is 0.416. The second kappa shape index (κ2) is 6.76. The predicted molar refractivity (Wildman–Crippen MR) is 95.2 cm³/mol. The van der Waals surface area contributed by atoms with E-state index in [1.54, 1.807) is 42.5 Å². The highest BCUT2D eigenvalue weighted by molar-refractivity contribution is 6.31. The van der Waals surface area contributed by atoms with Crippen LogP contribution in [0.25, 0.3) is 11.5 Å². The van der Waals surface area contributed by atoms with Gasteiger partial charge in [-0.3, -0.25) is 9.78 Å². The van der Waals surface area contributed by atoms with Gasteiger partial charge in [-0.1, -0.05) is 22.8 Å². The third-order valence-electron chi connectivity index (χ3n) is 4.24. The van der Waals surface area contributed by atoms with Crippen LogP contribution in [0.4, 0.5) is 5.69 Å². The van der Waals surface area contributed by atoms with Gasteiger partial charge >= 0.3 is 0 Å². The van der Waals surface area contributed by atoms with E-state index >= 15 is 0 Å². The molecule has 0 N–H and O–H groups in total. The number of hydrogen-bond donors (Lipinski definition) is 0. The molecule has 7 nitrogen and oxygen atoms in total. The van der Waals surface area contributed by atoms with Crippen molar-refractivity contribution in [2.75, 3.05) is 18.6 Å². The highest BCUT2D eigenvalue weighted by atomic mass is 35.5. The first-order valence-corrected chi connectivity index (χ1v) is 8.42. The van der Waals surface area contributed by atoms with Gasteiger partial charge in [0.05, 0.1) is 18.7 Å². The molecule has 1 saturated heterocycles. The molecule has 1 aliphatic heterocycles. The van der Waals surface area contributed by atoms with Crippen molar-refractivity contribution >= 4 is 23.2 Å². The Morgan fingerprint density at radius 1 is 1.31 bits per heavy atom. The molecule has 132 valence electrons. The van der Waals surface area contributed by atoms with Crippen LogP contribution >= 0.6 is 11.6 Å². The fourth-order valence-electron chi connectivity index (χ4n) is 2.98. The molecule has 0 bridgehead atoms. The van der Waals surface area contributed by atoms with Crippen molar-refractivity contribution in [1.29, 1.82) is 0 Å². The minimum Gasteiger partial charge on any atom is -0.495 e. The van der Waals surface area contributed by atoms with Crippen molar-refractivity contribution in [3.63, 3.8) is 0 Å². The lowest BCUT2D eigenvalue weighted by atomic mass is 10.1. The fourth-order valence-corrected chi connectivity index (χ4v) is 3.15. The van der Waals surface area contributed by atoms with E-state index in [2.05, 4.69) is 15.1 Å². The van der Waals surface area contributed by atoms with Gasteiger partial charge in [0, 0.05) is 24.2 Å². The van der Waals surface area contributed by atoms with E-state index in [0.29, 0.717) is 40.4 Å². The molecule has 4 rings (SSSR count). The van der Waals surface area contributed by atoms with Crippen molar-refractivity contribution in [2.24, 2.45) is 0 Å². The van der Waals surface area contributed by atoms with Gasteiger partial charge in [-0.15, -0.1) is 0 Å². The van der Waals surface area contributed by atoms with E-state index in [0.717, 1.165) is 0 Å². The number of anilines is 1. The van der Waals surface area contributed by atoms with Crippen LogP contribution in [-0.4, -0.2) is 34.7 Å². The summed E-state index contributed by atoms with van der Waals surface area (Å²) in [6.07, 6.45) is 1.94. The molecule has 3 heterocycles. The standard InChI is InChI=1S/C18H15ClN4O3/c1-25-15-6-5-12(19)9-14(15)23-10-11(8-16(23)24)18-21-17(22-26-18)13-4-2-3-7-20-13/h2-7,9,11H,8,10H2,1H3/t11-/m1/s1. The van der Waals surface area contributed by atoms with Crippen LogP contribution in [0.1, 0.15) is 18.2 Å². The molecular weight excluding hydrogens is 356 g/mol. The van der Waals surface area contributed by atoms with Gasteiger partial charge in [0.25, 0.3) is 0 Å². The van der Waals surface area contributed by atoms with Crippen LogP contribution < -0.4 is 9.64 Å². The van der Waals surface area contributed by atoms with Gasteiger partial charge in [-0.2, -0.15) is 4.98 Å². The van der Waals surface area contributed by atoms with Crippen LogP contribution in [0.15, 0.2) is 47.1 Å². The number of carbonyl (C=O) groups excluding carboxylic acids is 1. The number of amides is 1. The molecule has 1 fully saturated rings. The summed E-state index contributed by atoms with van der Waals surface area (Å²) in [4.78, 5) is 22.8. The Bertz CT molecular complexity index is 945. The number of methoxy groups -OCH3 is 1. The minimum absolute atomic E-state index is 0.0480. The van der Waals surface area contributed by atoms with Crippen molar-refractivity contribution in [3.8, 4) is 17.3 Å². The van der Waals surface area contributed by atoms with Gasteiger partial charge in [0.2, 0.25) is 17.6 Å². The number of aromatic nitrogens is 3. The second-order valence-corrected chi connectivity index (χ2v) is 6.33. The van der Waals surface area contributed by atoms with Gasteiger partial charge in [-0.25, -0.2) is 0 Å². The summed E-state index contributed by atoms with van der Waals surface area (Å²) >= 11 is 6.08. The molecular formula is C18H15ClN4O3. The van der Waals surface area contributed by atoms with Crippen molar-refractivity contribution in [2.45, 2.75) is 12.3 Å². The first-order valence-electron chi connectivity index (χ1n) is 8.04. The van der Waals surface area contributed by atoms with Gasteiger partial charge < -0.3 is 14.2 Å². The van der Waals surface area contributed by atoms with E-state index in [1.807, 2.05) is 12.1 Å². The normalized spacial score (nSPS) is 16.9. The molecule has 0 unspecified atom stereocenters. The largest absolute Gasteiger partial charge is 0.495 e. The average molecular weight is 371 g/mol. The summed E-state index contributed by atoms with van der Waals surface area (Å²) in [5.74, 6) is 1.17. The third-order valence-corrected chi connectivity index (χ3v) is 4.48. The number of ether oxygens (including phenoxy) is 1. The molecule has 3 aromatic rings. The molecule has 0 saturated carbocycles. The van der Waals surface area contributed by atoms with Crippen molar-refractivity contribution in [1.82, 2.24) is 15.1 Å². The first kappa shape index (κ1) is 16.5. The summed E-state index contributed by atoms with van der Waals surface area (Å²) in [6, 6.07) is 10.6. The van der Waals surface area contributed by atoms with Crippen molar-refractivity contribution in [3.05, 3.63) is 53.5 Å². The monoisotopic (exact) mass is 370 g/mol. The average Bonchev–Trinajstić information content (AvgIpc) is 3.29. The highest BCUT2D eigenvalue weighted by Gasteiger charge is 2.36. The van der Waals surface area contributed by atoms with Crippen LogP contribution in [-0.2, 0) is 4.79 Å². The first-order chi connectivity index (χ1) is 12.7. The van der Waals surface area contributed by atoms with Crippen LogP contribution in [0.3, 0.4) is 0 Å². The van der Waals surface area contributed by atoms with Crippen molar-refractivity contribution < 1.29 is 14.1 Å². The Hall–Kier alpha value is -2.93. The summed E-state index contributed by atoms with van der Waals surface area (Å²) in [5, 5.41) is 4.51. The number of pyridine rings is 1. The Kier molecular flexibility index (Phi) is 4.30. The Labute approximate surface area is 154 Å². The maximum atomic E-state index is 12.5. The zero-order valence-electron chi connectivity index (χ0n) is 13.9. The Balaban J connectivity index is 1.59. The van der Waals surface area contributed by atoms with Gasteiger partial charge in [0.15, 0.2) is 0 Å². The fraction of sp³-hybridized carbons (Fsp3) is 0.222. The molecule has 2 aromatic heterocycles. The quantitative estimate of drug-likeness (QED) is 0.700. The summed E-state index contributed by atoms with van der Waals surface area (Å²) < 4.78 is 10.7. The lowest BCUT2D eigenvalue weighted by Crippen LogP contribution is -2.24. The van der Waals surface area contributed by atoms with E-state index in [9.17, 15) is 4.79 Å². The number of halogens is 1. The molecule has 1 aliphatic rings. The van der Waals surface area contributed by atoms with Crippen LogP contribution in [0.2, 0.25) is 5.02 Å². The van der Waals surface area contributed by atoms with Crippen LogP contribution in [0, 0.1) is 0 Å². The van der Waals surface area contributed by atoms with Gasteiger partial charge in [0.1, 0.15) is 11.4 Å². The summed E-state index contributed by atoms with van der Waals surface area (Å²) in [7, 11) is 1.56. The zero-order chi connectivity index (χ0) is 18.1. The molecule has 0 radical (unpaired) electrons. The number of rotatable bonds is 4. The topological polar surface area (TPSA) is 81.3 Å². The van der Waals surface area contributed by atoms with E-state index in [4.69, 9.17) is 20.9 Å². The molecule has 1 atom stereocenters. The van der Waals surface area contributed by atoms with Gasteiger partial charge in [-0.05, 0) is 30.3 Å². The molecule has 26 heavy (non-hydrogen) atoms. The SMILES string of the molecule is COc1ccc(Cl)cc1N1C[C@H](c2nc(-c3ccccn3)no2)CC1=O. The predicted octanol–water partition coefficient (Wildman–Crippen LogP) is 3.31. The minimum atomic E-state index is -0.198. The Morgan fingerprint density at radius 2 is 2.19 bits per heavy atom. The number of hydrogen-bond acceptors (Lipinski definition) is 6. The highest BCUT2D eigenvalue weighted by Crippen LogP contribution is 2.37. The second-order valence-electron chi connectivity index (χ2n) is 5.89.